The summed E-state index contributed by atoms with van der Waals surface area (Å²) in [5, 5.41) is 0. The molecule has 1 aliphatic heterocycles. The van der Waals surface area contributed by atoms with Crippen LogP contribution in [0.2, 0.25) is 0 Å². The maximum absolute atomic E-state index is 6.17. The molecule has 2 unspecified atom stereocenters. The van der Waals surface area contributed by atoms with Crippen molar-refractivity contribution < 1.29 is 4.74 Å². The number of aryl methyl sites for hydroxylation is 1. The third kappa shape index (κ3) is 2.29. The molecular weight excluding hydrogens is 240 g/mol. The summed E-state index contributed by atoms with van der Waals surface area (Å²) in [5.41, 5.74) is 0.164. The van der Waals surface area contributed by atoms with E-state index in [1.807, 2.05) is 11.3 Å². The van der Waals surface area contributed by atoms with E-state index in [9.17, 15) is 0 Å². The van der Waals surface area contributed by atoms with Crippen LogP contribution in [0.3, 0.4) is 0 Å². The second kappa shape index (κ2) is 5.07. The molecule has 0 aliphatic carbocycles. The fourth-order valence-corrected chi connectivity index (χ4v) is 3.89. The Bertz CT molecular complexity index is 349. The molecule has 0 N–H and O–H groups in total. The van der Waals surface area contributed by atoms with Crippen LogP contribution in [-0.2, 0) is 17.6 Å². The number of hydrogen-bond donors (Lipinski definition) is 0. The molecule has 1 fully saturated rings. The highest BCUT2D eigenvalue weighted by atomic mass is 35.5. The molecule has 1 saturated heterocycles. The molecule has 0 spiro atoms. The molecule has 0 bridgehead atoms. The van der Waals surface area contributed by atoms with E-state index in [1.54, 1.807) is 0 Å². The molecule has 1 nitrogen and oxygen atoms in total. The van der Waals surface area contributed by atoms with Crippen molar-refractivity contribution in [1.29, 1.82) is 0 Å². The van der Waals surface area contributed by atoms with E-state index in [4.69, 9.17) is 16.3 Å². The van der Waals surface area contributed by atoms with E-state index in [0.29, 0.717) is 5.88 Å². The lowest BCUT2D eigenvalue weighted by molar-refractivity contribution is 0.0739. The van der Waals surface area contributed by atoms with Crippen LogP contribution in [0.4, 0.5) is 0 Å². The molecule has 0 radical (unpaired) electrons. The molecule has 1 aromatic heterocycles. The van der Waals surface area contributed by atoms with Crippen molar-refractivity contribution in [2.45, 2.75) is 39.2 Å². The monoisotopic (exact) mass is 258 g/mol. The van der Waals surface area contributed by atoms with Gasteiger partial charge in [-0.3, -0.25) is 0 Å². The van der Waals surface area contributed by atoms with Crippen LogP contribution in [0.25, 0.3) is 0 Å². The van der Waals surface area contributed by atoms with Crippen molar-refractivity contribution in [3.05, 3.63) is 21.9 Å². The fourth-order valence-electron chi connectivity index (χ4n) is 2.33. The first kappa shape index (κ1) is 12.4. The second-order valence-corrected chi connectivity index (χ2v) is 6.18. The number of thiophene rings is 1. The number of alkyl halides is 1. The summed E-state index contributed by atoms with van der Waals surface area (Å²) in [5.74, 6) is 0.702. The van der Waals surface area contributed by atoms with E-state index in [2.05, 4.69) is 26.0 Å². The molecule has 2 heterocycles. The van der Waals surface area contributed by atoms with Gasteiger partial charge >= 0.3 is 0 Å². The lowest BCUT2D eigenvalue weighted by atomic mass is 9.80. The first-order valence-corrected chi connectivity index (χ1v) is 7.30. The zero-order chi connectivity index (χ0) is 11.6. The molecule has 0 saturated carbocycles. The SMILES string of the molecule is CCc1ccc(CC2(CCl)CCOC2C)s1. The Hall–Kier alpha value is -0.0500. The molecule has 0 amide bonds. The lowest BCUT2D eigenvalue weighted by Gasteiger charge is -2.29. The highest BCUT2D eigenvalue weighted by Gasteiger charge is 2.41. The van der Waals surface area contributed by atoms with Gasteiger partial charge in [-0.05, 0) is 38.3 Å². The molecule has 1 aromatic rings. The molecule has 90 valence electrons. The summed E-state index contributed by atoms with van der Waals surface area (Å²) in [4.78, 5) is 2.92. The average molecular weight is 259 g/mol. The Morgan fingerprint density at radius 2 is 2.25 bits per heavy atom. The first-order valence-electron chi connectivity index (χ1n) is 5.95. The van der Waals surface area contributed by atoms with Crippen LogP contribution in [0.1, 0.15) is 30.0 Å². The van der Waals surface area contributed by atoms with Gasteiger partial charge in [-0.15, -0.1) is 22.9 Å². The fraction of sp³-hybridized carbons (Fsp3) is 0.692. The largest absolute Gasteiger partial charge is 0.378 e. The maximum Gasteiger partial charge on any atom is 0.0618 e. The minimum Gasteiger partial charge on any atom is -0.378 e. The number of halogens is 1. The predicted octanol–water partition coefficient (Wildman–Crippen LogP) is 3.89. The van der Waals surface area contributed by atoms with Gasteiger partial charge in [-0.1, -0.05) is 6.92 Å². The summed E-state index contributed by atoms with van der Waals surface area (Å²) < 4.78 is 5.69. The van der Waals surface area contributed by atoms with E-state index < -0.39 is 0 Å². The van der Waals surface area contributed by atoms with Gasteiger partial charge in [0.15, 0.2) is 0 Å². The molecular formula is C13H19ClOS. The van der Waals surface area contributed by atoms with Gasteiger partial charge in [0.05, 0.1) is 6.10 Å². The van der Waals surface area contributed by atoms with Crippen molar-refractivity contribution in [3.63, 3.8) is 0 Å². The minimum absolute atomic E-state index is 0.164. The molecule has 2 atom stereocenters. The highest BCUT2D eigenvalue weighted by molar-refractivity contribution is 7.12. The predicted molar refractivity (Wildman–Crippen MR) is 70.6 cm³/mol. The molecule has 2 rings (SSSR count). The third-order valence-electron chi connectivity index (χ3n) is 3.69. The highest BCUT2D eigenvalue weighted by Crippen LogP contribution is 2.40. The number of ether oxygens (including phenoxy) is 1. The van der Waals surface area contributed by atoms with E-state index in [-0.39, 0.29) is 11.5 Å². The standard InChI is InChI=1S/C13H19ClOS/c1-3-11-4-5-12(16-11)8-13(9-14)6-7-15-10(13)2/h4-5,10H,3,6-9H2,1-2H3. The molecule has 1 aliphatic rings. The summed E-state index contributed by atoms with van der Waals surface area (Å²) in [6.45, 7) is 5.22. The van der Waals surface area contributed by atoms with Crippen LogP contribution < -0.4 is 0 Å². The van der Waals surface area contributed by atoms with Gasteiger partial charge in [0.2, 0.25) is 0 Å². The van der Waals surface area contributed by atoms with Crippen LogP contribution in [-0.4, -0.2) is 18.6 Å². The van der Waals surface area contributed by atoms with Crippen molar-refractivity contribution in [2.24, 2.45) is 5.41 Å². The Morgan fingerprint density at radius 1 is 1.50 bits per heavy atom. The topological polar surface area (TPSA) is 9.23 Å². The average Bonchev–Trinajstić information content (AvgIpc) is 2.88. The molecule has 16 heavy (non-hydrogen) atoms. The number of hydrogen-bond acceptors (Lipinski definition) is 2. The van der Waals surface area contributed by atoms with Gasteiger partial charge in [0.1, 0.15) is 0 Å². The maximum atomic E-state index is 6.17. The third-order valence-corrected chi connectivity index (χ3v) is 5.45. The van der Waals surface area contributed by atoms with Crippen LogP contribution in [0.15, 0.2) is 12.1 Å². The Kier molecular flexibility index (Phi) is 3.93. The normalized spacial score (nSPS) is 29.8. The zero-order valence-electron chi connectivity index (χ0n) is 9.96. The Labute approximate surface area is 107 Å². The Morgan fingerprint density at radius 3 is 2.75 bits per heavy atom. The van der Waals surface area contributed by atoms with Crippen molar-refractivity contribution in [2.75, 3.05) is 12.5 Å². The van der Waals surface area contributed by atoms with Gasteiger partial charge in [0.25, 0.3) is 0 Å². The van der Waals surface area contributed by atoms with Crippen molar-refractivity contribution >= 4 is 22.9 Å². The van der Waals surface area contributed by atoms with Crippen molar-refractivity contribution in [1.82, 2.24) is 0 Å². The molecule has 3 heteroatoms. The molecule has 0 aromatic carbocycles. The first-order chi connectivity index (χ1) is 7.70. The summed E-state index contributed by atoms with van der Waals surface area (Å²) in [6.07, 6.45) is 3.58. The van der Waals surface area contributed by atoms with E-state index in [1.165, 1.54) is 9.75 Å². The number of rotatable bonds is 4. The van der Waals surface area contributed by atoms with Crippen LogP contribution in [0.5, 0.6) is 0 Å². The van der Waals surface area contributed by atoms with Gasteiger partial charge in [-0.25, -0.2) is 0 Å². The lowest BCUT2D eigenvalue weighted by Crippen LogP contribution is -2.32. The van der Waals surface area contributed by atoms with Gasteiger partial charge in [-0.2, -0.15) is 0 Å². The van der Waals surface area contributed by atoms with Gasteiger partial charge < -0.3 is 4.74 Å². The quantitative estimate of drug-likeness (QED) is 0.745. The van der Waals surface area contributed by atoms with E-state index in [0.717, 1.165) is 25.9 Å². The second-order valence-electron chi connectivity index (χ2n) is 4.66. The zero-order valence-corrected chi connectivity index (χ0v) is 11.5. The minimum atomic E-state index is 0.164. The van der Waals surface area contributed by atoms with Crippen LogP contribution >= 0.6 is 22.9 Å². The summed E-state index contributed by atoms with van der Waals surface area (Å²) >= 11 is 8.10. The smallest absolute Gasteiger partial charge is 0.0618 e. The Balaban J connectivity index is 2.12. The summed E-state index contributed by atoms with van der Waals surface area (Å²) in [6, 6.07) is 4.49. The van der Waals surface area contributed by atoms with E-state index >= 15 is 0 Å². The van der Waals surface area contributed by atoms with Crippen LogP contribution in [0, 0.1) is 5.41 Å². The summed E-state index contributed by atoms with van der Waals surface area (Å²) in [7, 11) is 0. The van der Waals surface area contributed by atoms with Crippen molar-refractivity contribution in [3.8, 4) is 0 Å². The van der Waals surface area contributed by atoms with Gasteiger partial charge in [0, 0.05) is 27.7 Å².